The summed E-state index contributed by atoms with van der Waals surface area (Å²) in [5.74, 6) is 1.46. The van der Waals surface area contributed by atoms with E-state index < -0.39 is 0 Å². The zero-order valence-electron chi connectivity index (χ0n) is 6.83. The number of aliphatic hydroxyl groups is 1. The second kappa shape index (κ2) is 5.70. The minimum Gasteiger partial charge on any atom is -0.396 e. The summed E-state index contributed by atoms with van der Waals surface area (Å²) in [5.41, 5.74) is 0.949. The Morgan fingerprint density at radius 2 is 2.15 bits per heavy atom. The fourth-order valence-electron chi connectivity index (χ4n) is 0.795. The lowest BCUT2D eigenvalue weighted by Gasteiger charge is -2.02. The third-order valence-corrected chi connectivity index (χ3v) is 2.91. The van der Waals surface area contributed by atoms with Crippen LogP contribution in [0.2, 0.25) is 10.3 Å². The van der Waals surface area contributed by atoms with Crippen LogP contribution in [0.25, 0.3) is 0 Å². The molecule has 0 saturated carbocycles. The number of halogens is 2. The van der Waals surface area contributed by atoms with E-state index in [0.29, 0.717) is 16.1 Å². The summed E-state index contributed by atoms with van der Waals surface area (Å²) in [6.07, 6.45) is 0. The van der Waals surface area contributed by atoms with Crippen LogP contribution in [0.15, 0.2) is 12.1 Å². The molecule has 0 aromatic carbocycles. The zero-order chi connectivity index (χ0) is 9.68. The third-order valence-electron chi connectivity index (χ3n) is 1.39. The molecule has 0 saturated heterocycles. The molecule has 0 atom stereocenters. The molecule has 0 amide bonds. The van der Waals surface area contributed by atoms with Crippen LogP contribution in [0.4, 0.5) is 0 Å². The molecule has 13 heavy (non-hydrogen) atoms. The second-order valence-electron chi connectivity index (χ2n) is 2.36. The minimum atomic E-state index is 0.184. The highest BCUT2D eigenvalue weighted by atomic mass is 35.5. The van der Waals surface area contributed by atoms with Crippen LogP contribution in [-0.4, -0.2) is 22.5 Å². The van der Waals surface area contributed by atoms with E-state index >= 15 is 0 Å². The first-order valence-electron chi connectivity index (χ1n) is 3.73. The van der Waals surface area contributed by atoms with E-state index in [9.17, 15) is 0 Å². The molecule has 1 N–H and O–H groups in total. The molecule has 0 bridgehead atoms. The van der Waals surface area contributed by atoms with Gasteiger partial charge in [0.15, 0.2) is 0 Å². The molecular weight excluding hydrogens is 229 g/mol. The van der Waals surface area contributed by atoms with Gasteiger partial charge in [-0.1, -0.05) is 29.3 Å². The molecule has 72 valence electrons. The van der Waals surface area contributed by atoms with Crippen molar-refractivity contribution in [2.45, 2.75) is 5.75 Å². The normalized spacial score (nSPS) is 10.4. The van der Waals surface area contributed by atoms with Gasteiger partial charge >= 0.3 is 0 Å². The van der Waals surface area contributed by atoms with Crippen LogP contribution >= 0.6 is 35.0 Å². The lowest BCUT2D eigenvalue weighted by molar-refractivity contribution is 0.322. The van der Waals surface area contributed by atoms with Crippen LogP contribution in [0.3, 0.4) is 0 Å². The third kappa shape index (κ3) is 3.73. The predicted molar refractivity (Wildman–Crippen MR) is 57.5 cm³/mol. The van der Waals surface area contributed by atoms with E-state index in [2.05, 4.69) is 4.98 Å². The van der Waals surface area contributed by atoms with E-state index in [0.717, 1.165) is 11.3 Å². The molecule has 2 nitrogen and oxygen atoms in total. The number of hydrogen-bond donors (Lipinski definition) is 1. The van der Waals surface area contributed by atoms with E-state index in [1.54, 1.807) is 17.8 Å². The average molecular weight is 238 g/mol. The van der Waals surface area contributed by atoms with Crippen molar-refractivity contribution in [2.75, 3.05) is 12.4 Å². The van der Waals surface area contributed by atoms with Crippen molar-refractivity contribution in [3.63, 3.8) is 0 Å². The van der Waals surface area contributed by atoms with Gasteiger partial charge in [-0.15, -0.1) is 0 Å². The summed E-state index contributed by atoms with van der Waals surface area (Å²) in [7, 11) is 0. The Bertz CT molecular complexity index is 283. The molecule has 0 aliphatic rings. The van der Waals surface area contributed by atoms with Crippen LogP contribution in [0, 0.1) is 0 Å². The Hall–Kier alpha value is 0.0400. The maximum atomic E-state index is 8.57. The fourth-order valence-corrected chi connectivity index (χ4v) is 2.01. The van der Waals surface area contributed by atoms with Crippen LogP contribution in [0.1, 0.15) is 5.56 Å². The molecule has 1 rings (SSSR count). The number of thioether (sulfide) groups is 1. The fraction of sp³-hybridized carbons (Fsp3) is 0.375. The highest BCUT2D eigenvalue weighted by molar-refractivity contribution is 7.98. The summed E-state index contributed by atoms with van der Waals surface area (Å²) in [6, 6.07) is 3.56. The number of nitrogens with zero attached hydrogens (tertiary/aromatic N) is 1. The molecule has 0 radical (unpaired) electrons. The molecule has 0 unspecified atom stereocenters. The number of rotatable bonds is 4. The maximum absolute atomic E-state index is 8.57. The van der Waals surface area contributed by atoms with Crippen molar-refractivity contribution in [2.24, 2.45) is 0 Å². The Morgan fingerprint density at radius 1 is 1.38 bits per heavy atom. The Balaban J connectivity index is 2.56. The van der Waals surface area contributed by atoms with Crippen LogP contribution in [0.5, 0.6) is 0 Å². The highest BCUT2D eigenvalue weighted by Crippen LogP contribution is 2.21. The molecule has 0 fully saturated rings. The number of hydrogen-bond acceptors (Lipinski definition) is 3. The van der Waals surface area contributed by atoms with E-state index in [4.69, 9.17) is 28.3 Å². The predicted octanol–water partition coefficient (Wildman–Crippen LogP) is 2.61. The van der Waals surface area contributed by atoms with Crippen molar-refractivity contribution in [1.29, 1.82) is 0 Å². The standard InChI is InChI=1S/C8H9Cl2NOS/c9-7-2-1-6(8(10)11-7)5-13-4-3-12/h1-2,12H,3-5H2. The topological polar surface area (TPSA) is 33.1 Å². The van der Waals surface area contributed by atoms with Gasteiger partial charge in [0.05, 0.1) is 6.61 Å². The largest absolute Gasteiger partial charge is 0.396 e. The lowest BCUT2D eigenvalue weighted by atomic mass is 10.3. The first-order valence-corrected chi connectivity index (χ1v) is 5.64. The smallest absolute Gasteiger partial charge is 0.134 e. The number of pyridine rings is 1. The van der Waals surface area contributed by atoms with Gasteiger partial charge in [0, 0.05) is 11.5 Å². The Kier molecular flexibility index (Phi) is 4.88. The zero-order valence-corrected chi connectivity index (χ0v) is 9.16. The summed E-state index contributed by atoms with van der Waals surface area (Å²) < 4.78 is 0. The number of aliphatic hydroxyl groups excluding tert-OH is 1. The van der Waals surface area contributed by atoms with Gasteiger partial charge in [0.25, 0.3) is 0 Å². The summed E-state index contributed by atoms with van der Waals surface area (Å²) in [5, 5.41) is 9.41. The van der Waals surface area contributed by atoms with Gasteiger partial charge < -0.3 is 5.11 Å². The Labute approximate surface area is 91.3 Å². The molecule has 0 aliphatic heterocycles. The van der Waals surface area contributed by atoms with Crippen LogP contribution in [-0.2, 0) is 5.75 Å². The van der Waals surface area contributed by atoms with Gasteiger partial charge in [0.2, 0.25) is 0 Å². The summed E-state index contributed by atoms with van der Waals surface area (Å²) in [6.45, 7) is 0.184. The lowest BCUT2D eigenvalue weighted by Crippen LogP contribution is -1.90. The van der Waals surface area contributed by atoms with Crippen molar-refractivity contribution < 1.29 is 5.11 Å². The monoisotopic (exact) mass is 237 g/mol. The van der Waals surface area contributed by atoms with Crippen molar-refractivity contribution in [3.05, 3.63) is 28.0 Å². The quantitative estimate of drug-likeness (QED) is 0.646. The van der Waals surface area contributed by atoms with E-state index in [1.807, 2.05) is 6.07 Å². The van der Waals surface area contributed by atoms with Crippen LogP contribution < -0.4 is 0 Å². The van der Waals surface area contributed by atoms with Gasteiger partial charge in [-0.3, -0.25) is 0 Å². The molecule has 1 heterocycles. The first kappa shape index (κ1) is 11.1. The minimum absolute atomic E-state index is 0.184. The molecular formula is C8H9Cl2NOS. The Morgan fingerprint density at radius 3 is 2.77 bits per heavy atom. The first-order chi connectivity index (χ1) is 6.24. The molecule has 1 aromatic rings. The molecule has 0 aliphatic carbocycles. The summed E-state index contributed by atoms with van der Waals surface area (Å²) >= 11 is 13.1. The molecule has 5 heteroatoms. The molecule has 1 aromatic heterocycles. The average Bonchev–Trinajstić information content (AvgIpc) is 2.09. The van der Waals surface area contributed by atoms with Crippen molar-refractivity contribution in [3.8, 4) is 0 Å². The van der Waals surface area contributed by atoms with Crippen molar-refractivity contribution >= 4 is 35.0 Å². The van der Waals surface area contributed by atoms with E-state index in [-0.39, 0.29) is 6.61 Å². The SMILES string of the molecule is OCCSCc1ccc(Cl)nc1Cl. The second-order valence-corrected chi connectivity index (χ2v) is 4.21. The van der Waals surface area contributed by atoms with Gasteiger partial charge in [0.1, 0.15) is 10.3 Å². The van der Waals surface area contributed by atoms with E-state index in [1.165, 1.54) is 0 Å². The number of aromatic nitrogens is 1. The van der Waals surface area contributed by atoms with Gasteiger partial charge in [-0.2, -0.15) is 11.8 Å². The van der Waals surface area contributed by atoms with Crippen molar-refractivity contribution in [1.82, 2.24) is 4.98 Å². The molecule has 0 spiro atoms. The van der Waals surface area contributed by atoms with Gasteiger partial charge in [-0.05, 0) is 11.6 Å². The summed E-state index contributed by atoms with van der Waals surface area (Å²) in [4.78, 5) is 3.91. The maximum Gasteiger partial charge on any atom is 0.134 e. The van der Waals surface area contributed by atoms with Gasteiger partial charge in [-0.25, -0.2) is 4.98 Å². The highest BCUT2D eigenvalue weighted by Gasteiger charge is 2.01.